The van der Waals surface area contributed by atoms with Gasteiger partial charge in [0.15, 0.2) is 0 Å². The summed E-state index contributed by atoms with van der Waals surface area (Å²) in [5.74, 6) is 0.457. The van der Waals surface area contributed by atoms with Gasteiger partial charge >= 0.3 is 0 Å². The molecule has 2 saturated heterocycles. The molecule has 9 heteroatoms. The minimum Gasteiger partial charge on any atom is -0.497 e. The van der Waals surface area contributed by atoms with E-state index < -0.39 is 5.41 Å². The molecule has 2 aliphatic heterocycles. The normalized spacial score (nSPS) is 20.1. The Bertz CT molecular complexity index is 1100. The van der Waals surface area contributed by atoms with Crippen LogP contribution in [0.4, 0.5) is 5.69 Å². The average molecular weight is 496 g/mol. The number of amides is 3. The van der Waals surface area contributed by atoms with Crippen molar-refractivity contribution in [1.82, 2.24) is 9.80 Å². The lowest BCUT2D eigenvalue weighted by Crippen LogP contribution is -2.51. The molecule has 3 amide bonds. The van der Waals surface area contributed by atoms with E-state index >= 15 is 0 Å². The van der Waals surface area contributed by atoms with Crippen LogP contribution in [-0.2, 0) is 24.5 Å². The van der Waals surface area contributed by atoms with Crippen molar-refractivity contribution < 1.29 is 28.6 Å². The average Bonchev–Trinajstić information content (AvgIpc) is 3.16. The standard InChI is InChI=1S/C27H33N3O6/c1-34-17-16-30-25(32)19-27(26(30)33,22-6-4-5-7-23(22)36-3)18-24(31)29-14-12-28(13-15-29)20-8-10-21(35-2)11-9-20/h4-11H,12-19H2,1-3H3. The molecule has 0 bridgehead atoms. The Morgan fingerprint density at radius 2 is 1.61 bits per heavy atom. The number of imide groups is 1. The summed E-state index contributed by atoms with van der Waals surface area (Å²) < 4.78 is 15.9. The summed E-state index contributed by atoms with van der Waals surface area (Å²) in [5.41, 5.74) is 0.330. The highest BCUT2D eigenvalue weighted by Gasteiger charge is 2.55. The number of anilines is 1. The molecule has 192 valence electrons. The first-order valence-corrected chi connectivity index (χ1v) is 12.1. The van der Waals surface area contributed by atoms with Crippen molar-refractivity contribution in [3.05, 3.63) is 54.1 Å². The molecule has 2 fully saturated rings. The molecule has 2 aliphatic rings. The number of carbonyl (C=O) groups is 3. The highest BCUT2D eigenvalue weighted by Crippen LogP contribution is 2.44. The maximum atomic E-state index is 13.7. The highest BCUT2D eigenvalue weighted by atomic mass is 16.5. The van der Waals surface area contributed by atoms with Crippen LogP contribution in [-0.4, -0.2) is 88.2 Å². The lowest BCUT2D eigenvalue weighted by Gasteiger charge is -2.38. The zero-order valence-electron chi connectivity index (χ0n) is 21.1. The smallest absolute Gasteiger partial charge is 0.241 e. The van der Waals surface area contributed by atoms with E-state index in [1.165, 1.54) is 19.1 Å². The highest BCUT2D eigenvalue weighted by molar-refractivity contribution is 6.11. The van der Waals surface area contributed by atoms with Gasteiger partial charge in [0.25, 0.3) is 0 Å². The van der Waals surface area contributed by atoms with Gasteiger partial charge in [-0.25, -0.2) is 0 Å². The molecule has 0 aliphatic carbocycles. The Kier molecular flexibility index (Phi) is 7.79. The second kappa shape index (κ2) is 11.0. The number of benzene rings is 2. The van der Waals surface area contributed by atoms with Crippen molar-refractivity contribution in [2.75, 3.05) is 65.6 Å². The van der Waals surface area contributed by atoms with Crippen LogP contribution in [0.15, 0.2) is 48.5 Å². The van der Waals surface area contributed by atoms with E-state index in [0.717, 1.165) is 11.4 Å². The van der Waals surface area contributed by atoms with E-state index in [0.29, 0.717) is 37.5 Å². The molecular formula is C27H33N3O6. The molecular weight excluding hydrogens is 462 g/mol. The van der Waals surface area contributed by atoms with E-state index in [9.17, 15) is 14.4 Å². The zero-order valence-corrected chi connectivity index (χ0v) is 21.1. The number of para-hydroxylation sites is 1. The molecule has 0 radical (unpaired) electrons. The maximum Gasteiger partial charge on any atom is 0.241 e. The summed E-state index contributed by atoms with van der Waals surface area (Å²) in [4.78, 5) is 45.5. The van der Waals surface area contributed by atoms with Crippen molar-refractivity contribution >= 4 is 23.4 Å². The Morgan fingerprint density at radius 3 is 2.25 bits per heavy atom. The van der Waals surface area contributed by atoms with Gasteiger partial charge in [-0.1, -0.05) is 18.2 Å². The zero-order chi connectivity index (χ0) is 25.7. The van der Waals surface area contributed by atoms with Crippen LogP contribution in [0.2, 0.25) is 0 Å². The number of nitrogens with zero attached hydrogens (tertiary/aromatic N) is 3. The molecule has 1 atom stereocenters. The van der Waals surface area contributed by atoms with Crippen LogP contribution in [0, 0.1) is 0 Å². The minimum absolute atomic E-state index is 0.0759. The Morgan fingerprint density at radius 1 is 0.917 bits per heavy atom. The van der Waals surface area contributed by atoms with Gasteiger partial charge in [0.2, 0.25) is 17.7 Å². The number of piperazine rings is 1. The molecule has 2 heterocycles. The van der Waals surface area contributed by atoms with Crippen molar-refractivity contribution in [3.63, 3.8) is 0 Å². The number of rotatable bonds is 9. The van der Waals surface area contributed by atoms with Gasteiger partial charge in [-0.2, -0.15) is 0 Å². The first-order chi connectivity index (χ1) is 17.4. The number of methoxy groups -OCH3 is 3. The number of ether oxygens (including phenoxy) is 3. The molecule has 0 aromatic heterocycles. The topological polar surface area (TPSA) is 88.6 Å². The number of hydrogen-bond donors (Lipinski definition) is 0. The van der Waals surface area contributed by atoms with Crippen molar-refractivity contribution in [1.29, 1.82) is 0 Å². The molecule has 0 spiro atoms. The van der Waals surface area contributed by atoms with Crippen LogP contribution in [0.25, 0.3) is 0 Å². The van der Waals surface area contributed by atoms with Gasteiger partial charge in [-0.3, -0.25) is 19.3 Å². The van der Waals surface area contributed by atoms with Crippen LogP contribution in [0.5, 0.6) is 11.5 Å². The van der Waals surface area contributed by atoms with Gasteiger partial charge in [0.05, 0.1) is 32.8 Å². The fourth-order valence-corrected chi connectivity index (χ4v) is 5.07. The number of hydrogen-bond acceptors (Lipinski definition) is 7. The van der Waals surface area contributed by atoms with E-state index in [1.807, 2.05) is 24.3 Å². The number of likely N-dealkylation sites (tertiary alicyclic amines) is 1. The molecule has 36 heavy (non-hydrogen) atoms. The Hall–Kier alpha value is -3.59. The Labute approximate surface area is 211 Å². The molecule has 2 aromatic rings. The predicted octanol–water partition coefficient (Wildman–Crippen LogP) is 2.09. The monoisotopic (exact) mass is 495 g/mol. The van der Waals surface area contributed by atoms with Gasteiger partial charge in [0.1, 0.15) is 11.5 Å². The van der Waals surface area contributed by atoms with E-state index in [1.54, 1.807) is 36.3 Å². The molecule has 0 N–H and O–H groups in total. The molecule has 9 nitrogen and oxygen atoms in total. The van der Waals surface area contributed by atoms with Gasteiger partial charge in [-0.15, -0.1) is 0 Å². The lowest BCUT2D eigenvalue weighted by atomic mass is 9.75. The van der Waals surface area contributed by atoms with Crippen molar-refractivity contribution in [2.45, 2.75) is 18.3 Å². The quantitative estimate of drug-likeness (QED) is 0.492. The van der Waals surface area contributed by atoms with Crippen LogP contribution in [0.1, 0.15) is 18.4 Å². The largest absolute Gasteiger partial charge is 0.497 e. The second-order valence-electron chi connectivity index (χ2n) is 9.05. The van der Waals surface area contributed by atoms with Crippen LogP contribution < -0.4 is 14.4 Å². The molecule has 4 rings (SSSR count). The second-order valence-corrected chi connectivity index (χ2v) is 9.05. The van der Waals surface area contributed by atoms with Gasteiger partial charge in [0, 0.05) is 57.4 Å². The SMILES string of the molecule is COCCN1C(=O)CC(CC(=O)N2CCN(c3ccc(OC)cc3)CC2)(c2ccccc2OC)C1=O. The van der Waals surface area contributed by atoms with E-state index in [2.05, 4.69) is 4.90 Å². The van der Waals surface area contributed by atoms with Crippen molar-refractivity contribution in [2.24, 2.45) is 0 Å². The summed E-state index contributed by atoms with van der Waals surface area (Å²) in [6, 6.07) is 15.0. The minimum atomic E-state index is -1.30. The van der Waals surface area contributed by atoms with E-state index in [4.69, 9.17) is 14.2 Å². The van der Waals surface area contributed by atoms with Gasteiger partial charge in [-0.05, 0) is 30.3 Å². The first kappa shape index (κ1) is 25.5. The molecule has 2 aromatic carbocycles. The van der Waals surface area contributed by atoms with E-state index in [-0.39, 0.29) is 43.7 Å². The van der Waals surface area contributed by atoms with Crippen LogP contribution >= 0.6 is 0 Å². The fraction of sp³-hybridized carbons (Fsp3) is 0.444. The maximum absolute atomic E-state index is 13.7. The summed E-state index contributed by atoms with van der Waals surface area (Å²) in [5, 5.41) is 0. The summed E-state index contributed by atoms with van der Waals surface area (Å²) in [6.45, 7) is 2.80. The van der Waals surface area contributed by atoms with Crippen molar-refractivity contribution in [3.8, 4) is 11.5 Å². The third-order valence-corrected chi connectivity index (χ3v) is 7.07. The fourth-order valence-electron chi connectivity index (χ4n) is 5.07. The summed E-state index contributed by atoms with van der Waals surface area (Å²) in [6.07, 6.45) is -0.169. The van der Waals surface area contributed by atoms with Crippen LogP contribution in [0.3, 0.4) is 0 Å². The third kappa shape index (κ3) is 4.88. The lowest BCUT2D eigenvalue weighted by molar-refractivity contribution is -0.143. The summed E-state index contributed by atoms with van der Waals surface area (Å²) in [7, 11) is 4.68. The predicted molar refractivity (Wildman–Crippen MR) is 134 cm³/mol. The third-order valence-electron chi connectivity index (χ3n) is 7.07. The molecule has 1 unspecified atom stereocenters. The first-order valence-electron chi connectivity index (χ1n) is 12.1. The number of carbonyl (C=O) groups excluding carboxylic acids is 3. The molecule has 0 saturated carbocycles. The Balaban J connectivity index is 1.53. The summed E-state index contributed by atoms with van der Waals surface area (Å²) >= 11 is 0. The van der Waals surface area contributed by atoms with Gasteiger partial charge < -0.3 is 24.0 Å².